The summed E-state index contributed by atoms with van der Waals surface area (Å²) in [4.78, 5) is 7.07. The molecule has 0 spiro atoms. The molecule has 0 radical (unpaired) electrons. The van der Waals surface area contributed by atoms with E-state index < -0.39 is 15.1 Å². The highest BCUT2D eigenvalue weighted by Crippen LogP contribution is 2.41. The van der Waals surface area contributed by atoms with Crippen molar-refractivity contribution < 1.29 is 8.42 Å². The molecule has 1 atom stereocenters. The van der Waals surface area contributed by atoms with E-state index in [4.69, 9.17) is 0 Å². The Morgan fingerprint density at radius 2 is 1.79 bits per heavy atom. The van der Waals surface area contributed by atoms with Gasteiger partial charge in [0.1, 0.15) is 5.25 Å². The molecule has 3 aromatic rings. The number of sulfone groups is 1. The Hall–Kier alpha value is -2.14. The van der Waals surface area contributed by atoms with Crippen LogP contribution >= 0.6 is 0 Å². The third kappa shape index (κ3) is 1.33. The van der Waals surface area contributed by atoms with Gasteiger partial charge < -0.3 is 4.98 Å². The normalized spacial score (nSPS) is 19.9. The van der Waals surface area contributed by atoms with Crippen LogP contribution in [0.4, 0.5) is 0 Å². The van der Waals surface area contributed by atoms with Crippen LogP contribution in [0, 0.1) is 0 Å². The molecule has 4 rings (SSSR count). The Kier molecular flexibility index (Phi) is 1.95. The molecule has 2 bridgehead atoms. The number of imidazole rings is 1. The molecule has 1 N–H and O–H groups in total. The first-order chi connectivity index (χ1) is 9.18. The van der Waals surface area contributed by atoms with Crippen LogP contribution in [0.3, 0.4) is 0 Å². The molecular formula is C14H10N2O2S. The molecular weight excluding hydrogens is 260 g/mol. The molecule has 0 aliphatic carbocycles. The molecule has 5 heteroatoms. The highest BCUT2D eigenvalue weighted by Gasteiger charge is 2.38. The Labute approximate surface area is 110 Å². The second-order valence-corrected chi connectivity index (χ2v) is 6.57. The summed E-state index contributed by atoms with van der Waals surface area (Å²) in [7, 11) is -3.49. The Bertz CT molecular complexity index is 882. The highest BCUT2D eigenvalue weighted by molar-refractivity contribution is 7.91. The summed E-state index contributed by atoms with van der Waals surface area (Å²) in [5, 5.41) is -0.596. The van der Waals surface area contributed by atoms with Gasteiger partial charge in [0.05, 0.1) is 11.0 Å². The van der Waals surface area contributed by atoms with Gasteiger partial charge in [-0.15, -0.1) is 0 Å². The van der Waals surface area contributed by atoms with Crippen LogP contribution in [-0.4, -0.2) is 18.4 Å². The van der Waals surface area contributed by atoms with Gasteiger partial charge in [-0.05, 0) is 11.6 Å². The maximum Gasteiger partial charge on any atom is 0.227 e. The van der Waals surface area contributed by atoms with Gasteiger partial charge in [0, 0.05) is 5.56 Å². The molecule has 2 heterocycles. The number of H-pyrrole nitrogens is 1. The predicted octanol–water partition coefficient (Wildman–Crippen LogP) is 2.44. The largest absolute Gasteiger partial charge is 0.329 e. The number of para-hydroxylation sites is 1. The summed E-state index contributed by atoms with van der Waals surface area (Å²) in [6.07, 6.45) is 0. The summed E-state index contributed by atoms with van der Waals surface area (Å²) < 4.78 is 25.3. The van der Waals surface area contributed by atoms with Gasteiger partial charge in [-0.3, -0.25) is 0 Å². The van der Waals surface area contributed by atoms with E-state index in [1.807, 2.05) is 48.5 Å². The summed E-state index contributed by atoms with van der Waals surface area (Å²) in [5.41, 5.74) is 3.05. The fraction of sp³-hybridized carbons (Fsp3) is 0.0714. The fourth-order valence-electron chi connectivity index (χ4n) is 2.64. The zero-order valence-corrected chi connectivity index (χ0v) is 10.7. The Morgan fingerprint density at radius 1 is 1.00 bits per heavy atom. The van der Waals surface area contributed by atoms with E-state index in [0.29, 0.717) is 0 Å². The first-order valence-corrected chi connectivity index (χ1v) is 7.50. The number of rotatable bonds is 1. The molecule has 0 fully saturated rings. The average molecular weight is 270 g/mol. The molecule has 4 nitrogen and oxygen atoms in total. The van der Waals surface area contributed by atoms with Gasteiger partial charge >= 0.3 is 0 Å². The number of hydrogen-bond acceptors (Lipinski definition) is 3. The van der Waals surface area contributed by atoms with Crippen LogP contribution in [0.1, 0.15) is 16.4 Å². The standard InChI is InChI=1S/C14H10N2O2S/c17-19(18)13(9-5-2-1-3-6-9)10-7-4-8-11-12(10)16-14(19)15-11/h1-8,13H,(H,15,16). The van der Waals surface area contributed by atoms with E-state index >= 15 is 0 Å². The smallest absolute Gasteiger partial charge is 0.227 e. The number of fused-ring (bicyclic) bond motifs is 1. The van der Waals surface area contributed by atoms with Crippen molar-refractivity contribution in [3.8, 4) is 0 Å². The van der Waals surface area contributed by atoms with Crippen molar-refractivity contribution in [3.63, 3.8) is 0 Å². The quantitative estimate of drug-likeness (QED) is 0.738. The van der Waals surface area contributed by atoms with Crippen molar-refractivity contribution in [1.82, 2.24) is 9.97 Å². The number of aromatic amines is 1. The van der Waals surface area contributed by atoms with Gasteiger partial charge in [0.25, 0.3) is 0 Å². The minimum Gasteiger partial charge on any atom is -0.329 e. The molecule has 19 heavy (non-hydrogen) atoms. The number of hydrogen-bond donors (Lipinski definition) is 1. The lowest BCUT2D eigenvalue weighted by Gasteiger charge is -2.19. The number of aromatic nitrogens is 2. The fourth-order valence-corrected chi connectivity index (χ4v) is 4.38. The summed E-state index contributed by atoms with van der Waals surface area (Å²) in [5.74, 6) is 0. The average Bonchev–Trinajstić information content (AvgIpc) is 2.83. The van der Waals surface area contributed by atoms with Gasteiger partial charge in [-0.25, -0.2) is 13.4 Å². The van der Waals surface area contributed by atoms with Crippen LogP contribution in [-0.2, 0) is 9.84 Å². The first kappa shape index (κ1) is 10.8. The van der Waals surface area contributed by atoms with Gasteiger partial charge in [-0.2, -0.15) is 0 Å². The Balaban J connectivity index is 2.12. The van der Waals surface area contributed by atoms with Crippen molar-refractivity contribution in [2.75, 3.05) is 0 Å². The predicted molar refractivity (Wildman–Crippen MR) is 71.6 cm³/mol. The van der Waals surface area contributed by atoms with Crippen molar-refractivity contribution in [1.29, 1.82) is 0 Å². The summed E-state index contributed by atoms with van der Waals surface area (Å²) in [6, 6.07) is 14.8. The first-order valence-electron chi connectivity index (χ1n) is 5.95. The van der Waals surface area contributed by atoms with E-state index in [1.165, 1.54) is 0 Å². The molecule has 0 saturated carbocycles. The summed E-state index contributed by atoms with van der Waals surface area (Å²) >= 11 is 0. The monoisotopic (exact) mass is 270 g/mol. The molecule has 1 aliphatic heterocycles. The third-order valence-electron chi connectivity index (χ3n) is 3.49. The second kappa shape index (κ2) is 3.45. The lowest BCUT2D eigenvalue weighted by Crippen LogP contribution is -2.18. The zero-order valence-electron chi connectivity index (χ0n) is 9.87. The van der Waals surface area contributed by atoms with Crippen LogP contribution in [0.15, 0.2) is 53.7 Å². The van der Waals surface area contributed by atoms with Crippen LogP contribution in [0.25, 0.3) is 11.0 Å². The molecule has 0 saturated heterocycles. The topological polar surface area (TPSA) is 62.8 Å². The molecule has 94 valence electrons. The molecule has 2 aromatic carbocycles. The van der Waals surface area contributed by atoms with E-state index in [2.05, 4.69) is 9.97 Å². The van der Waals surface area contributed by atoms with E-state index in [1.54, 1.807) is 0 Å². The van der Waals surface area contributed by atoms with Gasteiger partial charge in [0.15, 0.2) is 0 Å². The van der Waals surface area contributed by atoms with Crippen molar-refractivity contribution in [2.24, 2.45) is 0 Å². The number of nitrogens with one attached hydrogen (secondary N) is 1. The van der Waals surface area contributed by atoms with E-state index in [9.17, 15) is 8.42 Å². The van der Waals surface area contributed by atoms with Crippen LogP contribution in [0.5, 0.6) is 0 Å². The number of nitrogens with zero attached hydrogens (tertiary/aromatic N) is 1. The maximum absolute atomic E-state index is 12.6. The zero-order chi connectivity index (χ0) is 13.0. The van der Waals surface area contributed by atoms with Crippen molar-refractivity contribution in [3.05, 3.63) is 59.7 Å². The van der Waals surface area contributed by atoms with Crippen molar-refractivity contribution in [2.45, 2.75) is 10.4 Å². The molecule has 1 aromatic heterocycles. The lowest BCUT2D eigenvalue weighted by atomic mass is 10.0. The van der Waals surface area contributed by atoms with Crippen LogP contribution in [0.2, 0.25) is 0 Å². The van der Waals surface area contributed by atoms with Crippen LogP contribution < -0.4 is 0 Å². The minimum absolute atomic E-state index is 0.0649. The minimum atomic E-state index is -3.49. The third-order valence-corrected chi connectivity index (χ3v) is 5.37. The SMILES string of the molecule is O=S1(=O)c2nc3c(cccc3[nH]2)C1c1ccccc1. The Morgan fingerprint density at radius 3 is 2.58 bits per heavy atom. The highest BCUT2D eigenvalue weighted by atomic mass is 32.2. The lowest BCUT2D eigenvalue weighted by molar-refractivity contribution is 0.581. The van der Waals surface area contributed by atoms with E-state index in [0.717, 1.165) is 22.2 Å². The van der Waals surface area contributed by atoms with Gasteiger partial charge in [0.2, 0.25) is 15.0 Å². The molecule has 0 amide bonds. The number of benzene rings is 2. The summed E-state index contributed by atoms with van der Waals surface area (Å²) in [6.45, 7) is 0. The molecule has 1 unspecified atom stereocenters. The maximum atomic E-state index is 12.6. The van der Waals surface area contributed by atoms with Crippen molar-refractivity contribution >= 4 is 20.9 Å². The van der Waals surface area contributed by atoms with Gasteiger partial charge in [-0.1, -0.05) is 42.5 Å². The molecule has 1 aliphatic rings. The van der Waals surface area contributed by atoms with E-state index in [-0.39, 0.29) is 5.16 Å². The second-order valence-electron chi connectivity index (χ2n) is 4.62.